The second kappa shape index (κ2) is 6.58. The Morgan fingerprint density at radius 1 is 1.24 bits per heavy atom. The number of thiophene rings is 1. The summed E-state index contributed by atoms with van der Waals surface area (Å²) in [5, 5.41) is 7.67. The van der Waals surface area contributed by atoms with Gasteiger partial charge in [-0.1, -0.05) is 6.42 Å². The second-order valence-electron chi connectivity index (χ2n) is 5.55. The summed E-state index contributed by atoms with van der Waals surface area (Å²) in [6, 6.07) is 2.17. The predicted molar refractivity (Wildman–Crippen MR) is 90.5 cm³/mol. The molecule has 1 saturated heterocycles. The van der Waals surface area contributed by atoms with Gasteiger partial charge in [0.15, 0.2) is 0 Å². The van der Waals surface area contributed by atoms with Gasteiger partial charge in [-0.15, -0.1) is 11.3 Å². The lowest BCUT2D eigenvalue weighted by atomic mass is 10.1. The van der Waals surface area contributed by atoms with Crippen molar-refractivity contribution in [3.05, 3.63) is 10.9 Å². The zero-order chi connectivity index (χ0) is 14.7. The number of aryl methyl sites for hydroxylation is 1. The van der Waals surface area contributed by atoms with E-state index in [0.29, 0.717) is 5.95 Å². The first-order valence-electron chi connectivity index (χ1n) is 7.68. The van der Waals surface area contributed by atoms with Crippen molar-refractivity contribution >= 4 is 33.3 Å². The van der Waals surface area contributed by atoms with Gasteiger partial charge in [-0.05, 0) is 38.9 Å². The smallest absolute Gasteiger partial charge is 0.225 e. The molecular weight excluding hydrogens is 282 g/mol. The summed E-state index contributed by atoms with van der Waals surface area (Å²) in [7, 11) is 1.86. The van der Waals surface area contributed by atoms with Gasteiger partial charge < -0.3 is 15.5 Å². The van der Waals surface area contributed by atoms with E-state index in [-0.39, 0.29) is 0 Å². The average Bonchev–Trinajstić information content (AvgIpc) is 2.88. The van der Waals surface area contributed by atoms with Crippen LogP contribution in [0.5, 0.6) is 0 Å². The Morgan fingerprint density at radius 3 is 2.81 bits per heavy atom. The number of hydrogen-bond acceptors (Lipinski definition) is 6. The van der Waals surface area contributed by atoms with Crippen LogP contribution in [0.2, 0.25) is 0 Å². The number of anilines is 2. The van der Waals surface area contributed by atoms with Crippen molar-refractivity contribution in [2.45, 2.75) is 26.2 Å². The lowest BCUT2D eigenvalue weighted by Crippen LogP contribution is -2.33. The third-order valence-corrected chi connectivity index (χ3v) is 4.85. The molecule has 21 heavy (non-hydrogen) atoms. The third-order valence-electron chi connectivity index (χ3n) is 3.91. The van der Waals surface area contributed by atoms with E-state index in [1.165, 1.54) is 37.2 Å². The molecule has 0 bridgehead atoms. The molecule has 0 radical (unpaired) electrons. The van der Waals surface area contributed by atoms with E-state index in [1.54, 1.807) is 11.3 Å². The van der Waals surface area contributed by atoms with Gasteiger partial charge in [-0.25, -0.2) is 4.98 Å². The van der Waals surface area contributed by atoms with Crippen LogP contribution in [-0.2, 0) is 0 Å². The summed E-state index contributed by atoms with van der Waals surface area (Å²) in [5.74, 6) is 1.63. The van der Waals surface area contributed by atoms with Crippen LogP contribution in [0.25, 0.3) is 10.2 Å². The first-order valence-corrected chi connectivity index (χ1v) is 8.50. The maximum Gasteiger partial charge on any atom is 0.225 e. The fourth-order valence-electron chi connectivity index (χ4n) is 2.80. The first kappa shape index (κ1) is 14.5. The topological polar surface area (TPSA) is 53.1 Å². The number of aromatic nitrogens is 2. The Hall–Kier alpha value is -1.40. The van der Waals surface area contributed by atoms with Gasteiger partial charge in [-0.2, -0.15) is 4.98 Å². The summed E-state index contributed by atoms with van der Waals surface area (Å²) in [5.41, 5.74) is 0. The molecule has 3 heterocycles. The molecule has 1 fully saturated rings. The second-order valence-corrected chi connectivity index (χ2v) is 6.79. The lowest BCUT2D eigenvalue weighted by molar-refractivity contribution is 0.237. The van der Waals surface area contributed by atoms with E-state index >= 15 is 0 Å². The van der Waals surface area contributed by atoms with Crippen molar-refractivity contribution in [1.29, 1.82) is 0 Å². The fraction of sp³-hybridized carbons (Fsp3) is 0.600. The number of nitrogens with one attached hydrogen (secondary N) is 2. The zero-order valence-electron chi connectivity index (χ0n) is 12.8. The van der Waals surface area contributed by atoms with Crippen molar-refractivity contribution < 1.29 is 0 Å². The number of hydrogen-bond donors (Lipinski definition) is 2. The molecule has 2 N–H and O–H groups in total. The molecule has 3 rings (SSSR count). The predicted octanol–water partition coefficient (Wildman–Crippen LogP) is 2.94. The number of rotatable bonds is 5. The molecule has 1 aliphatic rings. The highest BCUT2D eigenvalue weighted by atomic mass is 32.1. The Balaban J connectivity index is 1.70. The highest BCUT2D eigenvalue weighted by Crippen LogP contribution is 2.29. The van der Waals surface area contributed by atoms with Crippen LogP contribution in [0, 0.1) is 6.92 Å². The highest BCUT2D eigenvalue weighted by Gasteiger charge is 2.12. The summed E-state index contributed by atoms with van der Waals surface area (Å²) in [6.07, 6.45) is 4.06. The molecule has 0 atom stereocenters. The van der Waals surface area contributed by atoms with Gasteiger partial charge in [0.2, 0.25) is 5.95 Å². The van der Waals surface area contributed by atoms with E-state index in [0.717, 1.165) is 29.1 Å². The lowest BCUT2D eigenvalue weighted by Gasteiger charge is -2.26. The molecular formula is C15H23N5S. The Morgan fingerprint density at radius 2 is 2.05 bits per heavy atom. The molecule has 1 aliphatic heterocycles. The van der Waals surface area contributed by atoms with E-state index in [2.05, 4.69) is 38.5 Å². The number of nitrogens with zero attached hydrogens (tertiary/aromatic N) is 3. The molecule has 0 saturated carbocycles. The normalized spacial score (nSPS) is 16.3. The van der Waals surface area contributed by atoms with Gasteiger partial charge in [-0.3, -0.25) is 0 Å². The SMILES string of the molecule is CNc1nc(NCCN2CCCCC2)c2cc(C)sc2n1. The van der Waals surface area contributed by atoms with E-state index in [4.69, 9.17) is 0 Å². The Labute approximate surface area is 129 Å². The van der Waals surface area contributed by atoms with Gasteiger partial charge in [0, 0.05) is 25.0 Å². The van der Waals surface area contributed by atoms with Crippen LogP contribution < -0.4 is 10.6 Å². The molecule has 0 aromatic carbocycles. The largest absolute Gasteiger partial charge is 0.368 e. The van der Waals surface area contributed by atoms with Crippen molar-refractivity contribution in [3.63, 3.8) is 0 Å². The summed E-state index contributed by atoms with van der Waals surface area (Å²) < 4.78 is 0. The third kappa shape index (κ3) is 3.44. The van der Waals surface area contributed by atoms with Crippen molar-refractivity contribution in [3.8, 4) is 0 Å². The monoisotopic (exact) mass is 305 g/mol. The standard InChI is InChI=1S/C15H23N5S/c1-11-10-12-13(18-15(16-2)19-14(12)21-11)17-6-9-20-7-4-3-5-8-20/h10H,3-9H2,1-2H3,(H2,16,17,18,19). The number of fused-ring (bicyclic) bond motifs is 1. The van der Waals surface area contributed by atoms with Crippen molar-refractivity contribution in [2.24, 2.45) is 0 Å². The van der Waals surface area contributed by atoms with Crippen LogP contribution >= 0.6 is 11.3 Å². The minimum absolute atomic E-state index is 0.685. The maximum absolute atomic E-state index is 4.57. The van der Waals surface area contributed by atoms with Crippen LogP contribution in [0.15, 0.2) is 6.07 Å². The van der Waals surface area contributed by atoms with Gasteiger partial charge in [0.25, 0.3) is 0 Å². The fourth-order valence-corrected chi connectivity index (χ4v) is 3.68. The zero-order valence-corrected chi connectivity index (χ0v) is 13.6. The Bertz CT molecular complexity index is 603. The van der Waals surface area contributed by atoms with Crippen LogP contribution in [-0.4, -0.2) is 48.1 Å². The van der Waals surface area contributed by atoms with Gasteiger partial charge in [0.1, 0.15) is 10.6 Å². The highest BCUT2D eigenvalue weighted by molar-refractivity contribution is 7.18. The first-order chi connectivity index (χ1) is 10.3. The average molecular weight is 305 g/mol. The summed E-state index contributed by atoms with van der Waals surface area (Å²) in [4.78, 5) is 13.9. The van der Waals surface area contributed by atoms with Gasteiger partial charge >= 0.3 is 0 Å². The van der Waals surface area contributed by atoms with E-state index < -0.39 is 0 Å². The van der Waals surface area contributed by atoms with Crippen molar-refractivity contribution in [2.75, 3.05) is 43.9 Å². The van der Waals surface area contributed by atoms with Gasteiger partial charge in [0.05, 0.1) is 5.39 Å². The summed E-state index contributed by atoms with van der Waals surface area (Å²) in [6.45, 7) is 6.61. The van der Waals surface area contributed by atoms with E-state index in [1.807, 2.05) is 7.05 Å². The number of likely N-dealkylation sites (tertiary alicyclic amines) is 1. The summed E-state index contributed by atoms with van der Waals surface area (Å²) >= 11 is 1.72. The number of piperidine rings is 1. The van der Waals surface area contributed by atoms with Crippen LogP contribution in [0.1, 0.15) is 24.1 Å². The molecule has 2 aromatic rings. The van der Waals surface area contributed by atoms with Crippen molar-refractivity contribution in [1.82, 2.24) is 14.9 Å². The molecule has 0 aliphatic carbocycles. The minimum Gasteiger partial charge on any atom is -0.368 e. The molecule has 0 spiro atoms. The Kier molecular flexibility index (Phi) is 4.55. The quantitative estimate of drug-likeness (QED) is 0.889. The van der Waals surface area contributed by atoms with E-state index in [9.17, 15) is 0 Å². The molecule has 0 amide bonds. The minimum atomic E-state index is 0.685. The molecule has 6 heteroatoms. The van der Waals surface area contributed by atoms with Crippen LogP contribution in [0.4, 0.5) is 11.8 Å². The maximum atomic E-state index is 4.57. The molecule has 2 aromatic heterocycles. The molecule has 114 valence electrons. The molecule has 0 unspecified atom stereocenters. The van der Waals surface area contributed by atoms with Crippen LogP contribution in [0.3, 0.4) is 0 Å². The molecule has 5 nitrogen and oxygen atoms in total.